The van der Waals surface area contributed by atoms with Gasteiger partial charge in [-0.05, 0) is 45.0 Å². The van der Waals surface area contributed by atoms with Crippen molar-refractivity contribution in [3.8, 4) is 5.75 Å². The topological polar surface area (TPSA) is 61.8 Å². The molecule has 0 aromatic heterocycles. The van der Waals surface area contributed by atoms with E-state index in [2.05, 4.69) is 5.32 Å². The fourth-order valence-electron chi connectivity index (χ4n) is 2.39. The van der Waals surface area contributed by atoms with Gasteiger partial charge < -0.3 is 20.1 Å². The molecule has 0 spiro atoms. The van der Waals surface area contributed by atoms with Crippen LogP contribution in [0.15, 0.2) is 24.3 Å². The monoisotopic (exact) mass is 278 g/mol. The van der Waals surface area contributed by atoms with Gasteiger partial charge in [-0.3, -0.25) is 4.79 Å². The molecule has 0 unspecified atom stereocenters. The van der Waals surface area contributed by atoms with Crippen LogP contribution in [0.4, 0.5) is 5.69 Å². The molecule has 1 amide bonds. The van der Waals surface area contributed by atoms with Crippen molar-refractivity contribution in [2.24, 2.45) is 0 Å². The van der Waals surface area contributed by atoms with E-state index in [0.29, 0.717) is 12.2 Å². The van der Waals surface area contributed by atoms with Gasteiger partial charge >= 0.3 is 0 Å². The number of phenols is 1. The van der Waals surface area contributed by atoms with Gasteiger partial charge in [0.15, 0.2) is 0 Å². The maximum absolute atomic E-state index is 12.2. The van der Waals surface area contributed by atoms with Crippen LogP contribution >= 0.6 is 0 Å². The molecular formula is C15H22N2O3. The second-order valence-electron chi connectivity index (χ2n) is 4.92. The molecule has 0 saturated carbocycles. The van der Waals surface area contributed by atoms with Gasteiger partial charge in [0.2, 0.25) is 0 Å². The molecule has 2 rings (SSSR count). The third kappa shape index (κ3) is 3.95. The summed E-state index contributed by atoms with van der Waals surface area (Å²) in [7, 11) is 0. The number of aromatic hydroxyl groups is 1. The quantitative estimate of drug-likeness (QED) is 0.857. The molecule has 1 fully saturated rings. The second kappa shape index (κ2) is 7.26. The van der Waals surface area contributed by atoms with E-state index in [9.17, 15) is 9.90 Å². The van der Waals surface area contributed by atoms with E-state index in [1.807, 2.05) is 13.0 Å². The lowest BCUT2D eigenvalue weighted by Crippen LogP contribution is -2.38. The van der Waals surface area contributed by atoms with Crippen molar-refractivity contribution in [2.45, 2.75) is 25.9 Å². The van der Waals surface area contributed by atoms with Crippen molar-refractivity contribution in [3.05, 3.63) is 24.3 Å². The highest BCUT2D eigenvalue weighted by Gasteiger charge is 2.18. The molecule has 1 aromatic rings. The van der Waals surface area contributed by atoms with E-state index < -0.39 is 0 Å². The Morgan fingerprint density at radius 1 is 1.45 bits per heavy atom. The number of hydrogen-bond donors (Lipinski definition) is 2. The highest BCUT2D eigenvalue weighted by molar-refractivity contribution is 5.94. The van der Waals surface area contributed by atoms with Crippen LogP contribution in [0.5, 0.6) is 5.75 Å². The summed E-state index contributed by atoms with van der Waals surface area (Å²) in [5, 5.41) is 12.8. The Morgan fingerprint density at radius 2 is 2.20 bits per heavy atom. The first-order chi connectivity index (χ1) is 9.70. The van der Waals surface area contributed by atoms with Gasteiger partial charge in [-0.15, -0.1) is 0 Å². The van der Waals surface area contributed by atoms with E-state index in [-0.39, 0.29) is 24.4 Å². The van der Waals surface area contributed by atoms with Crippen LogP contribution in [0, 0.1) is 0 Å². The number of likely N-dealkylation sites (N-methyl/N-ethyl adjacent to an activating group) is 1. The molecular weight excluding hydrogens is 256 g/mol. The minimum Gasteiger partial charge on any atom is -0.508 e. The van der Waals surface area contributed by atoms with Crippen molar-refractivity contribution in [3.63, 3.8) is 0 Å². The summed E-state index contributed by atoms with van der Waals surface area (Å²) in [5.41, 5.74) is 0.700. The highest BCUT2D eigenvalue weighted by atomic mass is 16.5. The lowest BCUT2D eigenvalue weighted by molar-refractivity contribution is -0.125. The predicted molar refractivity (Wildman–Crippen MR) is 78.0 cm³/mol. The Kier molecular flexibility index (Phi) is 5.38. The Balaban J connectivity index is 1.91. The molecule has 5 nitrogen and oxygen atoms in total. The summed E-state index contributed by atoms with van der Waals surface area (Å²) in [6, 6.07) is 6.72. The normalized spacial score (nSPS) is 16.1. The number of phenolic OH excluding ortho intramolecular Hbond substituents is 1. The SMILES string of the molecule is CCN(C(=O)COC1CCNCC1)c1cccc(O)c1. The predicted octanol–water partition coefficient (Wildman–Crippen LogP) is 1.51. The van der Waals surface area contributed by atoms with Crippen LogP contribution in [-0.2, 0) is 9.53 Å². The summed E-state index contributed by atoms with van der Waals surface area (Å²) in [6.07, 6.45) is 2.07. The van der Waals surface area contributed by atoms with Crippen LogP contribution < -0.4 is 10.2 Å². The average molecular weight is 278 g/mol. The molecule has 20 heavy (non-hydrogen) atoms. The Bertz CT molecular complexity index is 444. The lowest BCUT2D eigenvalue weighted by atomic mass is 10.1. The summed E-state index contributed by atoms with van der Waals surface area (Å²) in [6.45, 7) is 4.45. The number of piperidine rings is 1. The fraction of sp³-hybridized carbons (Fsp3) is 0.533. The molecule has 5 heteroatoms. The number of amides is 1. The number of hydrogen-bond acceptors (Lipinski definition) is 4. The van der Waals surface area contributed by atoms with Gasteiger partial charge in [0.05, 0.1) is 6.10 Å². The smallest absolute Gasteiger partial charge is 0.252 e. The molecule has 2 N–H and O–H groups in total. The zero-order valence-electron chi connectivity index (χ0n) is 11.8. The van der Waals surface area contributed by atoms with E-state index in [4.69, 9.17) is 4.74 Å². The van der Waals surface area contributed by atoms with E-state index in [1.54, 1.807) is 23.1 Å². The van der Waals surface area contributed by atoms with E-state index in [0.717, 1.165) is 25.9 Å². The largest absolute Gasteiger partial charge is 0.508 e. The van der Waals surface area contributed by atoms with Gasteiger partial charge in [-0.2, -0.15) is 0 Å². The first-order valence-corrected chi connectivity index (χ1v) is 7.12. The second-order valence-corrected chi connectivity index (χ2v) is 4.92. The average Bonchev–Trinajstić information content (AvgIpc) is 2.47. The Labute approximate surface area is 119 Å². The zero-order valence-corrected chi connectivity index (χ0v) is 11.8. The van der Waals surface area contributed by atoms with Gasteiger partial charge in [0, 0.05) is 18.3 Å². The molecule has 1 saturated heterocycles. The van der Waals surface area contributed by atoms with Crippen molar-refractivity contribution < 1.29 is 14.6 Å². The lowest BCUT2D eigenvalue weighted by Gasteiger charge is -2.25. The molecule has 1 aromatic carbocycles. The minimum atomic E-state index is -0.0726. The maximum Gasteiger partial charge on any atom is 0.252 e. The summed E-state index contributed by atoms with van der Waals surface area (Å²) in [4.78, 5) is 13.9. The molecule has 0 aliphatic carbocycles. The summed E-state index contributed by atoms with van der Waals surface area (Å²) < 4.78 is 5.69. The highest BCUT2D eigenvalue weighted by Crippen LogP contribution is 2.20. The Morgan fingerprint density at radius 3 is 2.85 bits per heavy atom. The number of ether oxygens (including phenoxy) is 1. The Hall–Kier alpha value is -1.59. The van der Waals surface area contributed by atoms with E-state index in [1.165, 1.54) is 0 Å². The number of benzene rings is 1. The minimum absolute atomic E-state index is 0.0726. The molecule has 1 aliphatic rings. The standard InChI is InChI=1S/C15H22N2O3/c1-2-17(12-4-3-5-13(18)10-12)15(19)11-20-14-6-8-16-9-7-14/h3-5,10,14,16,18H,2,6-9,11H2,1H3. The van der Waals surface area contributed by atoms with Crippen molar-refractivity contribution in [1.82, 2.24) is 5.32 Å². The number of anilines is 1. The first kappa shape index (κ1) is 14.8. The molecule has 0 atom stereocenters. The molecule has 1 aliphatic heterocycles. The van der Waals surface area contributed by atoms with Gasteiger partial charge in [-0.1, -0.05) is 6.07 Å². The van der Waals surface area contributed by atoms with Gasteiger partial charge in [0.25, 0.3) is 5.91 Å². The van der Waals surface area contributed by atoms with Crippen LogP contribution in [0.2, 0.25) is 0 Å². The number of carbonyl (C=O) groups is 1. The van der Waals surface area contributed by atoms with Crippen LogP contribution in [0.25, 0.3) is 0 Å². The van der Waals surface area contributed by atoms with Crippen molar-refractivity contribution >= 4 is 11.6 Å². The fourth-order valence-corrected chi connectivity index (χ4v) is 2.39. The van der Waals surface area contributed by atoms with Gasteiger partial charge in [-0.25, -0.2) is 0 Å². The van der Waals surface area contributed by atoms with Crippen LogP contribution in [0.3, 0.4) is 0 Å². The van der Waals surface area contributed by atoms with Crippen LogP contribution in [-0.4, -0.2) is 43.4 Å². The molecule has 110 valence electrons. The number of nitrogens with one attached hydrogen (secondary N) is 1. The molecule has 0 bridgehead atoms. The van der Waals surface area contributed by atoms with Crippen molar-refractivity contribution in [1.29, 1.82) is 0 Å². The summed E-state index contributed by atoms with van der Waals surface area (Å²) in [5.74, 6) is 0.0876. The number of carbonyl (C=O) groups excluding carboxylic acids is 1. The third-order valence-corrected chi connectivity index (χ3v) is 3.49. The van der Waals surface area contributed by atoms with Crippen LogP contribution in [0.1, 0.15) is 19.8 Å². The van der Waals surface area contributed by atoms with Gasteiger partial charge in [0.1, 0.15) is 12.4 Å². The first-order valence-electron chi connectivity index (χ1n) is 7.12. The molecule has 0 radical (unpaired) electrons. The molecule has 1 heterocycles. The number of rotatable bonds is 5. The zero-order chi connectivity index (χ0) is 14.4. The third-order valence-electron chi connectivity index (χ3n) is 3.49. The number of nitrogens with zero attached hydrogens (tertiary/aromatic N) is 1. The van der Waals surface area contributed by atoms with E-state index >= 15 is 0 Å². The maximum atomic E-state index is 12.2. The van der Waals surface area contributed by atoms with Crippen molar-refractivity contribution in [2.75, 3.05) is 31.1 Å². The summed E-state index contributed by atoms with van der Waals surface area (Å²) >= 11 is 0.